The Morgan fingerprint density at radius 3 is 2.69 bits per heavy atom. The molecule has 1 atom stereocenters. The fraction of sp³-hybridized carbons (Fsp3) is 0.250. The number of carbonyl (C=O) groups excluding carboxylic acids is 2. The summed E-state index contributed by atoms with van der Waals surface area (Å²) in [4.78, 5) is 35.7. The van der Waals surface area contributed by atoms with Gasteiger partial charge in [0.05, 0.1) is 22.4 Å². The minimum absolute atomic E-state index is 0.0153. The summed E-state index contributed by atoms with van der Waals surface area (Å²) >= 11 is 1.17. The highest BCUT2D eigenvalue weighted by Gasteiger charge is 2.21. The van der Waals surface area contributed by atoms with Crippen molar-refractivity contribution in [1.29, 1.82) is 0 Å². The van der Waals surface area contributed by atoms with E-state index < -0.39 is 11.0 Å². The van der Waals surface area contributed by atoms with Crippen LogP contribution >= 0.6 is 11.8 Å². The second-order valence-electron chi connectivity index (χ2n) is 7.90. The molecule has 35 heavy (non-hydrogen) atoms. The third kappa shape index (κ3) is 6.54. The number of anilines is 1. The third-order valence-electron chi connectivity index (χ3n) is 5.11. The number of rotatable bonds is 10. The van der Waals surface area contributed by atoms with E-state index >= 15 is 0 Å². The van der Waals surface area contributed by atoms with Crippen molar-refractivity contribution in [2.45, 2.75) is 38.5 Å². The molecule has 0 aliphatic rings. The Labute approximate surface area is 207 Å². The standard InChI is InChI=1S/C24H26N6O4S/c1-5-11-29-22(17(4)25-23(32)18-8-6-7-15(2)12-18)27-28-24(29)35-14-21(31)26-20-13-19(30(33)34)10-9-16(20)3/h5-10,12-13,17H,1,11,14H2,2-4H3,(H,25,32)(H,26,31)/t17-/m0/s1. The van der Waals surface area contributed by atoms with Crippen molar-refractivity contribution in [3.63, 3.8) is 0 Å². The number of nitro benzene ring substituents is 1. The van der Waals surface area contributed by atoms with Gasteiger partial charge in [0.1, 0.15) is 0 Å². The Hall–Kier alpha value is -3.99. The molecule has 0 aliphatic heterocycles. The first-order chi connectivity index (χ1) is 16.7. The number of carbonyl (C=O) groups is 2. The van der Waals surface area contributed by atoms with E-state index in [2.05, 4.69) is 27.4 Å². The van der Waals surface area contributed by atoms with Crippen LogP contribution in [0.25, 0.3) is 0 Å². The molecular weight excluding hydrogens is 468 g/mol. The fourth-order valence-corrected chi connectivity index (χ4v) is 4.09. The molecule has 0 saturated carbocycles. The van der Waals surface area contributed by atoms with E-state index in [-0.39, 0.29) is 23.3 Å². The Bertz CT molecular complexity index is 1270. The van der Waals surface area contributed by atoms with Crippen molar-refractivity contribution in [2.75, 3.05) is 11.1 Å². The minimum Gasteiger partial charge on any atom is -0.342 e. The smallest absolute Gasteiger partial charge is 0.271 e. The van der Waals surface area contributed by atoms with Gasteiger partial charge >= 0.3 is 0 Å². The normalized spacial score (nSPS) is 11.5. The Kier molecular flexibility index (Phi) is 8.37. The van der Waals surface area contributed by atoms with Gasteiger partial charge in [-0.15, -0.1) is 16.8 Å². The first-order valence-electron chi connectivity index (χ1n) is 10.8. The zero-order chi connectivity index (χ0) is 25.5. The number of amides is 2. The number of allylic oxidation sites excluding steroid dienone is 1. The summed E-state index contributed by atoms with van der Waals surface area (Å²) in [5.74, 6) is -0.0192. The van der Waals surface area contributed by atoms with Crippen molar-refractivity contribution in [1.82, 2.24) is 20.1 Å². The molecule has 3 aromatic rings. The lowest BCUT2D eigenvalue weighted by Crippen LogP contribution is -2.29. The van der Waals surface area contributed by atoms with E-state index in [0.29, 0.717) is 34.3 Å². The number of benzene rings is 2. The lowest BCUT2D eigenvalue weighted by atomic mass is 10.1. The summed E-state index contributed by atoms with van der Waals surface area (Å²) in [6, 6.07) is 11.1. The summed E-state index contributed by atoms with van der Waals surface area (Å²) in [6.07, 6.45) is 1.68. The van der Waals surface area contributed by atoms with Crippen LogP contribution in [0.4, 0.5) is 11.4 Å². The van der Waals surface area contributed by atoms with Gasteiger partial charge in [-0.2, -0.15) is 0 Å². The largest absolute Gasteiger partial charge is 0.342 e. The number of aromatic nitrogens is 3. The molecule has 0 bridgehead atoms. The molecule has 3 rings (SSSR count). The summed E-state index contributed by atoms with van der Waals surface area (Å²) < 4.78 is 1.78. The summed E-state index contributed by atoms with van der Waals surface area (Å²) in [7, 11) is 0. The van der Waals surface area contributed by atoms with Gasteiger partial charge in [-0.05, 0) is 38.5 Å². The number of nitro groups is 1. The van der Waals surface area contributed by atoms with E-state index in [9.17, 15) is 19.7 Å². The van der Waals surface area contributed by atoms with Gasteiger partial charge in [-0.3, -0.25) is 19.7 Å². The molecule has 182 valence electrons. The highest BCUT2D eigenvalue weighted by atomic mass is 32.2. The molecule has 2 N–H and O–H groups in total. The molecule has 1 aromatic heterocycles. The number of hydrogen-bond acceptors (Lipinski definition) is 7. The topological polar surface area (TPSA) is 132 Å². The molecule has 10 nitrogen and oxygen atoms in total. The Morgan fingerprint density at radius 2 is 2.00 bits per heavy atom. The zero-order valence-electron chi connectivity index (χ0n) is 19.6. The molecule has 2 aromatic carbocycles. The van der Waals surface area contributed by atoms with Crippen LogP contribution in [0.5, 0.6) is 0 Å². The highest BCUT2D eigenvalue weighted by Crippen LogP contribution is 2.24. The molecule has 11 heteroatoms. The van der Waals surface area contributed by atoms with E-state index in [1.807, 2.05) is 26.0 Å². The maximum Gasteiger partial charge on any atom is 0.271 e. The Morgan fingerprint density at radius 1 is 1.23 bits per heavy atom. The maximum atomic E-state index is 12.6. The molecule has 0 radical (unpaired) electrons. The number of hydrogen-bond donors (Lipinski definition) is 2. The highest BCUT2D eigenvalue weighted by molar-refractivity contribution is 7.99. The lowest BCUT2D eigenvalue weighted by molar-refractivity contribution is -0.384. The monoisotopic (exact) mass is 494 g/mol. The van der Waals surface area contributed by atoms with Gasteiger partial charge in [0, 0.05) is 24.2 Å². The SMILES string of the molecule is C=CCn1c(SCC(=O)Nc2cc([N+](=O)[O-])ccc2C)nnc1[C@H](C)NC(=O)c1cccc(C)c1. The predicted octanol–water partition coefficient (Wildman–Crippen LogP) is 4.21. The quantitative estimate of drug-likeness (QED) is 0.187. The second kappa shape index (κ2) is 11.4. The third-order valence-corrected chi connectivity index (χ3v) is 6.08. The number of non-ortho nitro benzene ring substituents is 1. The molecule has 0 spiro atoms. The van der Waals surface area contributed by atoms with Crippen molar-refractivity contribution in [3.8, 4) is 0 Å². The van der Waals surface area contributed by atoms with Crippen LogP contribution in [0.1, 0.15) is 40.3 Å². The van der Waals surface area contributed by atoms with Crippen LogP contribution in [0.3, 0.4) is 0 Å². The van der Waals surface area contributed by atoms with Crippen LogP contribution in [0.15, 0.2) is 60.3 Å². The van der Waals surface area contributed by atoms with Gasteiger partial charge in [0.2, 0.25) is 5.91 Å². The van der Waals surface area contributed by atoms with Gasteiger partial charge < -0.3 is 15.2 Å². The van der Waals surface area contributed by atoms with Gasteiger partial charge in [-0.25, -0.2) is 0 Å². The number of aryl methyl sites for hydroxylation is 2. The molecule has 0 saturated heterocycles. The molecule has 0 aliphatic carbocycles. The molecule has 0 fully saturated rings. The Balaban J connectivity index is 1.68. The summed E-state index contributed by atoms with van der Waals surface area (Å²) in [5, 5.41) is 25.6. The first kappa shape index (κ1) is 25.6. The van der Waals surface area contributed by atoms with Gasteiger partial charge in [-0.1, -0.05) is 41.6 Å². The average Bonchev–Trinajstić information content (AvgIpc) is 3.22. The van der Waals surface area contributed by atoms with Crippen molar-refractivity contribution >= 4 is 35.0 Å². The average molecular weight is 495 g/mol. The van der Waals surface area contributed by atoms with Crippen LogP contribution in [-0.4, -0.2) is 37.3 Å². The molecular formula is C24H26N6O4S. The van der Waals surface area contributed by atoms with Crippen LogP contribution in [0, 0.1) is 24.0 Å². The van der Waals surface area contributed by atoms with E-state index in [1.54, 1.807) is 35.8 Å². The number of nitrogens with zero attached hydrogens (tertiary/aromatic N) is 4. The van der Waals surface area contributed by atoms with Crippen molar-refractivity contribution in [3.05, 3.63) is 87.7 Å². The van der Waals surface area contributed by atoms with Crippen LogP contribution in [0.2, 0.25) is 0 Å². The molecule has 2 amide bonds. The zero-order valence-corrected chi connectivity index (χ0v) is 20.5. The first-order valence-corrected chi connectivity index (χ1v) is 11.8. The lowest BCUT2D eigenvalue weighted by Gasteiger charge is -2.15. The minimum atomic E-state index is -0.512. The fourth-order valence-electron chi connectivity index (χ4n) is 3.33. The van der Waals surface area contributed by atoms with Gasteiger partial charge in [0.15, 0.2) is 11.0 Å². The van der Waals surface area contributed by atoms with E-state index in [0.717, 1.165) is 5.56 Å². The predicted molar refractivity (Wildman–Crippen MR) is 134 cm³/mol. The second-order valence-corrected chi connectivity index (χ2v) is 8.84. The summed E-state index contributed by atoms with van der Waals surface area (Å²) in [6.45, 7) is 9.64. The summed E-state index contributed by atoms with van der Waals surface area (Å²) in [5.41, 5.74) is 2.53. The van der Waals surface area contributed by atoms with Crippen LogP contribution < -0.4 is 10.6 Å². The number of nitrogens with one attached hydrogen (secondary N) is 2. The maximum absolute atomic E-state index is 12.6. The van der Waals surface area contributed by atoms with E-state index in [4.69, 9.17) is 0 Å². The van der Waals surface area contributed by atoms with Crippen LogP contribution in [-0.2, 0) is 11.3 Å². The molecule has 0 unspecified atom stereocenters. The van der Waals surface area contributed by atoms with Crippen molar-refractivity contribution in [2.24, 2.45) is 0 Å². The van der Waals surface area contributed by atoms with Gasteiger partial charge in [0.25, 0.3) is 11.6 Å². The number of thioether (sulfide) groups is 1. The molecule has 1 heterocycles. The van der Waals surface area contributed by atoms with E-state index in [1.165, 1.54) is 23.9 Å². The van der Waals surface area contributed by atoms with Crippen molar-refractivity contribution < 1.29 is 14.5 Å².